The number of nitrogens with one attached hydrogen (secondary N) is 1. The lowest BCUT2D eigenvalue weighted by Gasteiger charge is -2.08. The maximum absolute atomic E-state index is 11.4. The van der Waals surface area contributed by atoms with Crippen LogP contribution in [0.5, 0.6) is 0 Å². The van der Waals surface area contributed by atoms with Gasteiger partial charge in [-0.25, -0.2) is 0 Å². The molecule has 1 atom stereocenters. The number of aromatic nitrogens is 1. The van der Waals surface area contributed by atoms with Crippen LogP contribution in [0.4, 0.5) is 0 Å². The summed E-state index contributed by atoms with van der Waals surface area (Å²) in [5.41, 5.74) is 9.14. The van der Waals surface area contributed by atoms with Crippen molar-refractivity contribution in [2.24, 2.45) is 11.7 Å². The summed E-state index contributed by atoms with van der Waals surface area (Å²) in [6, 6.07) is 6.26. The Hall–Kier alpha value is -1.29. The fourth-order valence-electron chi connectivity index (χ4n) is 2.85. The minimum absolute atomic E-state index is 0.0252. The topological polar surface area (TPSA) is 58.9 Å². The molecule has 0 bridgehead atoms. The number of hydrogen-bond acceptors (Lipinski definition) is 1. The maximum Gasteiger partial charge on any atom is 0.220 e. The normalized spacial score (nSPS) is 19.5. The van der Waals surface area contributed by atoms with E-state index in [1.807, 2.05) is 6.07 Å². The zero-order chi connectivity index (χ0) is 12.7. The summed E-state index contributed by atoms with van der Waals surface area (Å²) < 4.78 is 1.09. The van der Waals surface area contributed by atoms with E-state index in [0.29, 0.717) is 0 Å². The molecule has 0 saturated heterocycles. The van der Waals surface area contributed by atoms with E-state index in [-0.39, 0.29) is 11.8 Å². The zero-order valence-corrected chi connectivity index (χ0v) is 11.6. The van der Waals surface area contributed by atoms with E-state index < -0.39 is 0 Å². The van der Waals surface area contributed by atoms with Crippen LogP contribution < -0.4 is 5.73 Å². The Kier molecular flexibility index (Phi) is 2.90. The Balaban J connectivity index is 2.10. The third-order valence-corrected chi connectivity index (χ3v) is 4.28. The van der Waals surface area contributed by atoms with Crippen molar-refractivity contribution in [2.75, 3.05) is 0 Å². The number of rotatable bonds is 1. The van der Waals surface area contributed by atoms with Gasteiger partial charge in [0.2, 0.25) is 5.91 Å². The third-order valence-electron chi connectivity index (χ3n) is 3.79. The SMILES string of the molecule is NC(=O)[C@H]1CCCc2c([nH]c3ccc(Br)cc23)C1. The summed E-state index contributed by atoms with van der Waals surface area (Å²) in [7, 11) is 0. The Bertz CT molecular complexity index is 618. The van der Waals surface area contributed by atoms with Crippen molar-refractivity contribution in [1.29, 1.82) is 0 Å². The number of nitrogens with two attached hydrogens (primary N) is 1. The predicted octanol–water partition coefficient (Wildman–Crippen LogP) is 2.91. The molecule has 1 heterocycles. The number of amides is 1. The largest absolute Gasteiger partial charge is 0.369 e. The average Bonchev–Trinajstić information content (AvgIpc) is 2.54. The van der Waals surface area contributed by atoms with Gasteiger partial charge in [-0.1, -0.05) is 15.9 Å². The van der Waals surface area contributed by atoms with Crippen LogP contribution in [0, 0.1) is 5.92 Å². The molecule has 4 heteroatoms. The van der Waals surface area contributed by atoms with Crippen molar-refractivity contribution in [2.45, 2.75) is 25.7 Å². The van der Waals surface area contributed by atoms with Gasteiger partial charge in [0.25, 0.3) is 0 Å². The number of aromatic amines is 1. The monoisotopic (exact) mass is 306 g/mol. The number of H-pyrrole nitrogens is 1. The molecule has 1 aliphatic carbocycles. The van der Waals surface area contributed by atoms with Crippen LogP contribution in [-0.4, -0.2) is 10.9 Å². The van der Waals surface area contributed by atoms with Crippen molar-refractivity contribution in [3.05, 3.63) is 33.9 Å². The number of halogens is 1. The van der Waals surface area contributed by atoms with Gasteiger partial charge < -0.3 is 10.7 Å². The lowest BCUT2D eigenvalue weighted by Crippen LogP contribution is -2.24. The first-order chi connectivity index (χ1) is 8.65. The number of primary amides is 1. The van der Waals surface area contributed by atoms with Crippen LogP contribution in [0.1, 0.15) is 24.1 Å². The maximum atomic E-state index is 11.4. The first-order valence-corrected chi connectivity index (χ1v) is 7.03. The Morgan fingerprint density at radius 1 is 1.44 bits per heavy atom. The molecule has 1 aliphatic rings. The number of aryl methyl sites for hydroxylation is 1. The molecule has 1 aromatic carbocycles. The second-order valence-electron chi connectivity index (χ2n) is 4.97. The van der Waals surface area contributed by atoms with Crippen molar-refractivity contribution in [3.63, 3.8) is 0 Å². The molecule has 2 aromatic rings. The molecule has 0 fully saturated rings. The molecule has 0 saturated carbocycles. The molecular weight excluding hydrogens is 292 g/mol. The van der Waals surface area contributed by atoms with Crippen LogP contribution >= 0.6 is 15.9 Å². The van der Waals surface area contributed by atoms with Gasteiger partial charge in [0.15, 0.2) is 0 Å². The zero-order valence-electron chi connectivity index (χ0n) is 10.0. The molecule has 3 nitrogen and oxygen atoms in total. The molecule has 0 spiro atoms. The lowest BCUT2D eigenvalue weighted by molar-refractivity contribution is -0.121. The molecule has 1 aromatic heterocycles. The number of hydrogen-bond donors (Lipinski definition) is 2. The van der Waals surface area contributed by atoms with Gasteiger partial charge >= 0.3 is 0 Å². The minimum atomic E-state index is -0.178. The number of carbonyl (C=O) groups excluding carboxylic acids is 1. The van der Waals surface area contributed by atoms with E-state index in [0.717, 1.165) is 35.7 Å². The van der Waals surface area contributed by atoms with Crippen LogP contribution in [0.3, 0.4) is 0 Å². The van der Waals surface area contributed by atoms with Gasteiger partial charge in [-0.05, 0) is 49.4 Å². The highest BCUT2D eigenvalue weighted by Gasteiger charge is 2.23. The van der Waals surface area contributed by atoms with Gasteiger partial charge in [-0.2, -0.15) is 0 Å². The van der Waals surface area contributed by atoms with E-state index >= 15 is 0 Å². The molecule has 18 heavy (non-hydrogen) atoms. The van der Waals surface area contributed by atoms with Gasteiger partial charge in [0, 0.05) is 27.0 Å². The lowest BCUT2D eigenvalue weighted by atomic mass is 10.00. The van der Waals surface area contributed by atoms with Crippen molar-refractivity contribution >= 4 is 32.7 Å². The second kappa shape index (κ2) is 4.43. The average molecular weight is 307 g/mol. The van der Waals surface area contributed by atoms with E-state index in [9.17, 15) is 4.79 Å². The van der Waals surface area contributed by atoms with Gasteiger partial charge in [0.05, 0.1) is 0 Å². The van der Waals surface area contributed by atoms with Gasteiger partial charge in [-0.15, -0.1) is 0 Å². The van der Waals surface area contributed by atoms with Crippen LogP contribution in [0.25, 0.3) is 10.9 Å². The highest BCUT2D eigenvalue weighted by molar-refractivity contribution is 9.10. The molecule has 3 N–H and O–H groups in total. The van der Waals surface area contributed by atoms with Crippen LogP contribution in [0.2, 0.25) is 0 Å². The first-order valence-electron chi connectivity index (χ1n) is 6.23. The molecule has 94 valence electrons. The number of fused-ring (bicyclic) bond motifs is 3. The fraction of sp³-hybridized carbons (Fsp3) is 0.357. The summed E-state index contributed by atoms with van der Waals surface area (Å²) in [5.74, 6) is -0.203. The summed E-state index contributed by atoms with van der Waals surface area (Å²) in [5, 5.41) is 1.27. The third kappa shape index (κ3) is 1.94. The van der Waals surface area contributed by atoms with E-state index in [1.54, 1.807) is 0 Å². The second-order valence-corrected chi connectivity index (χ2v) is 5.88. The quantitative estimate of drug-likeness (QED) is 0.782. The van der Waals surface area contributed by atoms with E-state index in [4.69, 9.17) is 5.73 Å². The Morgan fingerprint density at radius 3 is 3.06 bits per heavy atom. The summed E-state index contributed by atoms with van der Waals surface area (Å²) >= 11 is 3.51. The van der Waals surface area contributed by atoms with Crippen molar-refractivity contribution in [1.82, 2.24) is 4.98 Å². The van der Waals surface area contributed by atoms with E-state index in [1.165, 1.54) is 16.6 Å². The predicted molar refractivity (Wildman–Crippen MR) is 75.3 cm³/mol. The highest BCUT2D eigenvalue weighted by Crippen LogP contribution is 2.31. The number of benzene rings is 1. The summed E-state index contributed by atoms with van der Waals surface area (Å²) in [6.07, 6.45) is 3.69. The van der Waals surface area contributed by atoms with Crippen LogP contribution in [0.15, 0.2) is 22.7 Å². The van der Waals surface area contributed by atoms with E-state index in [2.05, 4.69) is 33.0 Å². The van der Waals surface area contributed by atoms with Crippen molar-refractivity contribution < 1.29 is 4.79 Å². The number of carbonyl (C=O) groups is 1. The molecule has 0 unspecified atom stereocenters. The summed E-state index contributed by atoms with van der Waals surface area (Å²) in [4.78, 5) is 14.8. The smallest absolute Gasteiger partial charge is 0.220 e. The fourth-order valence-corrected chi connectivity index (χ4v) is 3.21. The highest BCUT2D eigenvalue weighted by atomic mass is 79.9. The summed E-state index contributed by atoms with van der Waals surface area (Å²) in [6.45, 7) is 0. The van der Waals surface area contributed by atoms with Gasteiger partial charge in [-0.3, -0.25) is 4.79 Å². The molecular formula is C14H15BrN2O. The standard InChI is InChI=1S/C14H15BrN2O/c15-9-4-5-12-11(7-9)10-3-1-2-8(14(16)18)6-13(10)17-12/h4-5,7-8,17H,1-3,6H2,(H2,16,18)/t8-/m0/s1. The van der Waals surface area contributed by atoms with Crippen molar-refractivity contribution in [3.8, 4) is 0 Å². The minimum Gasteiger partial charge on any atom is -0.369 e. The molecule has 3 rings (SSSR count). The van der Waals surface area contributed by atoms with Crippen LogP contribution in [-0.2, 0) is 17.6 Å². The Morgan fingerprint density at radius 2 is 2.28 bits per heavy atom. The first kappa shape index (κ1) is 11.8. The van der Waals surface area contributed by atoms with Gasteiger partial charge in [0.1, 0.15) is 0 Å². The molecule has 0 aliphatic heterocycles. The Labute approximate surface area is 114 Å². The molecule has 0 radical (unpaired) electrons. The molecule has 1 amide bonds.